The van der Waals surface area contributed by atoms with Crippen LogP contribution in [0.5, 0.6) is 0 Å². The molecule has 9 heteroatoms. The molecule has 29 heavy (non-hydrogen) atoms. The summed E-state index contributed by atoms with van der Waals surface area (Å²) in [5.41, 5.74) is 5.59. The predicted octanol–water partition coefficient (Wildman–Crippen LogP) is 3.50. The molecule has 2 N–H and O–H groups in total. The molecule has 0 aliphatic heterocycles. The minimum Gasteiger partial charge on any atom is -0.307 e. The predicted molar refractivity (Wildman–Crippen MR) is 113 cm³/mol. The third-order valence-electron chi connectivity index (χ3n) is 4.76. The Balaban J connectivity index is 1.65. The lowest BCUT2D eigenvalue weighted by atomic mass is 10.1. The Kier molecular flexibility index (Phi) is 5.88. The third kappa shape index (κ3) is 4.56. The van der Waals surface area contributed by atoms with Crippen molar-refractivity contribution in [1.29, 1.82) is 0 Å². The summed E-state index contributed by atoms with van der Waals surface area (Å²) >= 11 is 1.18. The molecular formula is C20H24N6O2S. The molecule has 0 aliphatic carbocycles. The topological polar surface area (TPSA) is 101 Å². The van der Waals surface area contributed by atoms with E-state index in [0.717, 1.165) is 28.1 Å². The SMILES string of the molecule is Cc1ccc(NC(=O)NC(=O)C(C)Sc2nc3nc(C)c(C)c(C)n3n2)c(C)c1. The summed E-state index contributed by atoms with van der Waals surface area (Å²) in [4.78, 5) is 33.4. The smallest absolute Gasteiger partial charge is 0.307 e. The average Bonchev–Trinajstić information content (AvgIpc) is 3.04. The van der Waals surface area contributed by atoms with Gasteiger partial charge >= 0.3 is 6.03 Å². The van der Waals surface area contributed by atoms with E-state index in [1.807, 2.05) is 52.8 Å². The first-order valence-electron chi connectivity index (χ1n) is 9.22. The highest BCUT2D eigenvalue weighted by Crippen LogP contribution is 2.22. The molecule has 3 amide bonds. The van der Waals surface area contributed by atoms with Crippen molar-refractivity contribution in [2.45, 2.75) is 51.9 Å². The standard InChI is InChI=1S/C20H24N6O2S/c1-10-7-8-16(11(2)9-10)22-19(28)23-17(27)15(6)29-20-24-18-21-13(4)12(3)14(5)26(18)25-20/h7-9,15H,1-6H3,(H2,22,23,27,28). The van der Waals surface area contributed by atoms with Crippen LogP contribution in [0.25, 0.3) is 5.78 Å². The minimum absolute atomic E-state index is 0.423. The summed E-state index contributed by atoms with van der Waals surface area (Å²) in [7, 11) is 0. The number of hydrogen-bond acceptors (Lipinski definition) is 6. The summed E-state index contributed by atoms with van der Waals surface area (Å²) < 4.78 is 1.67. The molecule has 0 aliphatic rings. The first kappa shape index (κ1) is 20.8. The number of carbonyl (C=O) groups excluding carboxylic acids is 2. The van der Waals surface area contributed by atoms with Gasteiger partial charge in [-0.25, -0.2) is 14.3 Å². The number of aryl methyl sites for hydroxylation is 4. The van der Waals surface area contributed by atoms with Gasteiger partial charge in [0.15, 0.2) is 0 Å². The van der Waals surface area contributed by atoms with E-state index >= 15 is 0 Å². The molecule has 0 saturated heterocycles. The first-order chi connectivity index (χ1) is 13.7. The van der Waals surface area contributed by atoms with Crippen molar-refractivity contribution in [2.75, 3.05) is 5.32 Å². The number of benzene rings is 1. The van der Waals surface area contributed by atoms with Crippen LogP contribution < -0.4 is 10.6 Å². The fourth-order valence-electron chi connectivity index (χ4n) is 2.82. The molecular weight excluding hydrogens is 388 g/mol. The Morgan fingerprint density at radius 3 is 2.52 bits per heavy atom. The third-order valence-corrected chi connectivity index (χ3v) is 5.71. The van der Waals surface area contributed by atoms with Crippen molar-refractivity contribution in [2.24, 2.45) is 0 Å². The van der Waals surface area contributed by atoms with E-state index in [1.165, 1.54) is 11.8 Å². The Morgan fingerprint density at radius 1 is 1.10 bits per heavy atom. The van der Waals surface area contributed by atoms with E-state index in [2.05, 4.69) is 25.7 Å². The Hall–Kier alpha value is -2.94. The molecule has 152 valence electrons. The summed E-state index contributed by atoms with van der Waals surface area (Å²) in [5, 5.41) is 9.38. The number of fused-ring (bicyclic) bond motifs is 1. The van der Waals surface area contributed by atoms with Gasteiger partial charge in [0.05, 0.1) is 5.25 Å². The number of rotatable bonds is 4. The van der Waals surface area contributed by atoms with Crippen molar-refractivity contribution < 1.29 is 9.59 Å². The highest BCUT2D eigenvalue weighted by atomic mass is 32.2. The average molecular weight is 413 g/mol. The summed E-state index contributed by atoms with van der Waals surface area (Å²) in [6.07, 6.45) is 0. The van der Waals surface area contributed by atoms with Crippen molar-refractivity contribution in [3.63, 3.8) is 0 Å². The molecule has 0 fully saturated rings. The largest absolute Gasteiger partial charge is 0.325 e. The highest BCUT2D eigenvalue weighted by Gasteiger charge is 2.20. The quantitative estimate of drug-likeness (QED) is 0.636. The summed E-state index contributed by atoms with van der Waals surface area (Å²) in [6, 6.07) is 5.11. The molecule has 3 aromatic rings. The highest BCUT2D eigenvalue weighted by molar-refractivity contribution is 8.00. The van der Waals surface area contributed by atoms with Crippen molar-refractivity contribution >= 4 is 35.2 Å². The van der Waals surface area contributed by atoms with Crippen LogP contribution in [0.1, 0.15) is 35.0 Å². The van der Waals surface area contributed by atoms with E-state index in [0.29, 0.717) is 16.6 Å². The van der Waals surface area contributed by atoms with Crippen LogP contribution in [0, 0.1) is 34.6 Å². The van der Waals surface area contributed by atoms with Crippen LogP contribution in [-0.2, 0) is 4.79 Å². The maximum atomic E-state index is 12.4. The monoisotopic (exact) mass is 412 g/mol. The second kappa shape index (κ2) is 8.20. The molecule has 1 unspecified atom stereocenters. The number of thioether (sulfide) groups is 1. The van der Waals surface area contributed by atoms with Crippen LogP contribution in [0.2, 0.25) is 0 Å². The van der Waals surface area contributed by atoms with Crippen molar-refractivity contribution in [3.05, 3.63) is 46.3 Å². The molecule has 0 spiro atoms. The number of amides is 3. The number of aromatic nitrogens is 4. The van der Waals surface area contributed by atoms with Gasteiger partial charge in [-0.15, -0.1) is 5.10 Å². The zero-order valence-corrected chi connectivity index (χ0v) is 18.1. The second-order valence-corrected chi connectivity index (χ2v) is 8.34. The van der Waals surface area contributed by atoms with E-state index < -0.39 is 17.2 Å². The van der Waals surface area contributed by atoms with Crippen LogP contribution in [0.4, 0.5) is 10.5 Å². The molecule has 1 aromatic carbocycles. The number of hydrogen-bond donors (Lipinski definition) is 2. The number of urea groups is 1. The van der Waals surface area contributed by atoms with Crippen molar-refractivity contribution in [1.82, 2.24) is 24.9 Å². The lowest BCUT2D eigenvalue weighted by Gasteiger charge is -2.12. The van der Waals surface area contributed by atoms with E-state index in [1.54, 1.807) is 11.4 Å². The molecule has 0 bridgehead atoms. The number of carbonyl (C=O) groups is 2. The van der Waals surface area contributed by atoms with Crippen molar-refractivity contribution in [3.8, 4) is 0 Å². The fourth-order valence-corrected chi connectivity index (χ4v) is 3.57. The van der Waals surface area contributed by atoms with Gasteiger partial charge in [-0.2, -0.15) is 4.98 Å². The lowest BCUT2D eigenvalue weighted by Crippen LogP contribution is -2.39. The zero-order chi connectivity index (χ0) is 21.3. The van der Waals surface area contributed by atoms with Gasteiger partial charge < -0.3 is 5.32 Å². The number of nitrogens with one attached hydrogen (secondary N) is 2. The normalized spacial score (nSPS) is 12.1. The summed E-state index contributed by atoms with van der Waals surface area (Å²) in [5.74, 6) is 0.0708. The van der Waals surface area contributed by atoms with Gasteiger partial charge in [-0.3, -0.25) is 10.1 Å². The molecule has 3 rings (SSSR count). The van der Waals surface area contributed by atoms with Crippen LogP contribution >= 0.6 is 11.8 Å². The van der Waals surface area contributed by atoms with Gasteiger partial charge in [-0.05, 0) is 58.7 Å². The Morgan fingerprint density at radius 2 is 1.83 bits per heavy atom. The maximum Gasteiger partial charge on any atom is 0.325 e. The van der Waals surface area contributed by atoms with Gasteiger partial charge in [0, 0.05) is 17.1 Å². The number of imide groups is 1. The molecule has 2 heterocycles. The van der Waals surface area contributed by atoms with Gasteiger partial charge in [-0.1, -0.05) is 29.5 Å². The molecule has 2 aromatic heterocycles. The summed E-state index contributed by atoms with van der Waals surface area (Å²) in [6.45, 7) is 11.4. The van der Waals surface area contributed by atoms with Gasteiger partial charge in [0.2, 0.25) is 11.1 Å². The van der Waals surface area contributed by atoms with Gasteiger partial charge in [0.25, 0.3) is 5.78 Å². The molecule has 1 atom stereocenters. The van der Waals surface area contributed by atoms with Crippen LogP contribution in [0.3, 0.4) is 0 Å². The minimum atomic E-state index is -0.568. The molecule has 8 nitrogen and oxygen atoms in total. The maximum absolute atomic E-state index is 12.4. The first-order valence-corrected chi connectivity index (χ1v) is 10.1. The van der Waals surface area contributed by atoms with E-state index in [-0.39, 0.29) is 0 Å². The number of nitrogens with zero attached hydrogens (tertiary/aromatic N) is 4. The van der Waals surface area contributed by atoms with E-state index in [4.69, 9.17) is 0 Å². The molecule has 0 saturated carbocycles. The Labute approximate surface area is 173 Å². The fraction of sp³-hybridized carbons (Fsp3) is 0.350. The van der Waals surface area contributed by atoms with Crippen LogP contribution in [-0.4, -0.2) is 36.8 Å². The zero-order valence-electron chi connectivity index (χ0n) is 17.3. The number of anilines is 1. The van der Waals surface area contributed by atoms with Gasteiger partial charge in [0.1, 0.15) is 0 Å². The van der Waals surface area contributed by atoms with Crippen LogP contribution in [0.15, 0.2) is 23.4 Å². The lowest BCUT2D eigenvalue weighted by molar-refractivity contribution is -0.119. The van der Waals surface area contributed by atoms with E-state index in [9.17, 15) is 9.59 Å². The Bertz CT molecular complexity index is 1110. The second-order valence-electron chi connectivity index (χ2n) is 7.04. The molecule has 0 radical (unpaired) electrons.